The van der Waals surface area contributed by atoms with E-state index < -0.39 is 0 Å². The molecule has 0 aromatic heterocycles. The lowest BCUT2D eigenvalue weighted by Crippen LogP contribution is -2.49. The minimum atomic E-state index is -0.328. The first kappa shape index (κ1) is 22.0. The summed E-state index contributed by atoms with van der Waals surface area (Å²) in [5.74, 6) is 0.324. The van der Waals surface area contributed by atoms with Crippen molar-refractivity contribution in [1.82, 2.24) is 10.2 Å². The van der Waals surface area contributed by atoms with E-state index >= 15 is 0 Å². The smallest absolute Gasteiger partial charge is 0.122 e. The molecule has 6 heteroatoms. The Morgan fingerprint density at radius 2 is 1.80 bits per heavy atom. The molecule has 144 valence electrons. The van der Waals surface area contributed by atoms with E-state index in [1.54, 1.807) is 0 Å². The summed E-state index contributed by atoms with van der Waals surface area (Å²) in [4.78, 5) is 4.60. The zero-order valence-corrected chi connectivity index (χ0v) is 16.8. The molecule has 0 saturated carbocycles. The van der Waals surface area contributed by atoms with E-state index in [-0.39, 0.29) is 30.5 Å². The molecule has 0 aliphatic carbocycles. The van der Waals surface area contributed by atoms with Gasteiger partial charge < -0.3 is 20.4 Å². The molecule has 1 saturated heterocycles. The Kier molecular flexibility index (Phi) is 8.48. The van der Waals surface area contributed by atoms with Gasteiger partial charge in [-0.15, -0.1) is 12.4 Å². The summed E-state index contributed by atoms with van der Waals surface area (Å²) in [6.07, 6.45) is 0. The highest BCUT2D eigenvalue weighted by atomic mass is 35.5. The molecule has 0 spiro atoms. The van der Waals surface area contributed by atoms with Crippen molar-refractivity contribution in [2.24, 2.45) is 5.41 Å². The molecule has 0 amide bonds. The maximum absolute atomic E-state index is 10.7. The van der Waals surface area contributed by atoms with E-state index in [9.17, 15) is 10.2 Å². The number of phenolic OH excluding ortho intramolecular Hbond substituents is 1. The van der Waals surface area contributed by atoms with Gasteiger partial charge in [-0.05, 0) is 19.9 Å². The van der Waals surface area contributed by atoms with Crippen molar-refractivity contribution in [3.63, 3.8) is 0 Å². The highest BCUT2D eigenvalue weighted by molar-refractivity contribution is 5.85. The summed E-state index contributed by atoms with van der Waals surface area (Å²) in [6.45, 7) is 14.0. The van der Waals surface area contributed by atoms with Crippen LogP contribution in [0.25, 0.3) is 0 Å². The summed E-state index contributed by atoms with van der Waals surface area (Å²) >= 11 is 0. The van der Waals surface area contributed by atoms with Crippen LogP contribution in [-0.2, 0) is 0 Å². The lowest BCUT2D eigenvalue weighted by molar-refractivity contribution is 0.0293. The highest BCUT2D eigenvalue weighted by Gasteiger charge is 2.37. The molecule has 1 fully saturated rings. The first-order valence-electron chi connectivity index (χ1n) is 9.08. The lowest BCUT2D eigenvalue weighted by atomic mass is 9.79. The maximum atomic E-state index is 10.7. The third-order valence-corrected chi connectivity index (χ3v) is 5.10. The van der Waals surface area contributed by atoms with Crippen LogP contribution in [-0.4, -0.2) is 61.0 Å². The molecule has 0 bridgehead atoms. The van der Waals surface area contributed by atoms with Crippen LogP contribution in [0.3, 0.4) is 0 Å². The van der Waals surface area contributed by atoms with Crippen LogP contribution < -0.4 is 10.2 Å². The summed E-state index contributed by atoms with van der Waals surface area (Å²) in [5, 5.41) is 24.0. The average Bonchev–Trinajstić information content (AvgIpc) is 2.59. The van der Waals surface area contributed by atoms with E-state index in [4.69, 9.17) is 0 Å². The van der Waals surface area contributed by atoms with E-state index in [1.165, 1.54) is 0 Å². The van der Waals surface area contributed by atoms with Gasteiger partial charge in [-0.1, -0.05) is 19.9 Å². The van der Waals surface area contributed by atoms with Crippen molar-refractivity contribution < 1.29 is 10.2 Å². The Hall–Kier alpha value is -1.01. The van der Waals surface area contributed by atoms with E-state index in [0.29, 0.717) is 5.75 Å². The molecular formula is C19H34ClN3O2. The fourth-order valence-electron chi connectivity index (χ4n) is 3.69. The number of phenols is 1. The van der Waals surface area contributed by atoms with E-state index in [0.717, 1.165) is 50.5 Å². The van der Waals surface area contributed by atoms with E-state index in [1.807, 2.05) is 12.1 Å². The Morgan fingerprint density at radius 1 is 1.20 bits per heavy atom. The molecule has 0 radical (unpaired) electrons. The van der Waals surface area contributed by atoms with Gasteiger partial charge >= 0.3 is 0 Å². The van der Waals surface area contributed by atoms with Crippen LogP contribution in [0.15, 0.2) is 18.2 Å². The van der Waals surface area contributed by atoms with Gasteiger partial charge in [0.25, 0.3) is 0 Å². The predicted molar refractivity (Wildman–Crippen MR) is 107 cm³/mol. The van der Waals surface area contributed by atoms with Crippen LogP contribution >= 0.6 is 12.4 Å². The fraction of sp³-hybridized carbons (Fsp3) is 0.684. The van der Waals surface area contributed by atoms with Gasteiger partial charge in [0, 0.05) is 74.6 Å². The monoisotopic (exact) mass is 371 g/mol. The fourth-order valence-corrected chi connectivity index (χ4v) is 3.69. The van der Waals surface area contributed by atoms with Crippen molar-refractivity contribution in [1.29, 1.82) is 0 Å². The van der Waals surface area contributed by atoms with Crippen LogP contribution in [0, 0.1) is 5.41 Å². The molecule has 1 aromatic carbocycles. The number of aliphatic hydroxyl groups excluding tert-OH is 1. The van der Waals surface area contributed by atoms with Gasteiger partial charge in [-0.3, -0.25) is 4.90 Å². The van der Waals surface area contributed by atoms with Gasteiger partial charge in [0.15, 0.2) is 0 Å². The van der Waals surface area contributed by atoms with Crippen molar-refractivity contribution in [2.75, 3.05) is 50.8 Å². The van der Waals surface area contributed by atoms with Crippen molar-refractivity contribution in [3.05, 3.63) is 23.8 Å². The molecule has 2 rings (SSSR count). The number of benzene rings is 1. The van der Waals surface area contributed by atoms with Gasteiger partial charge in [0.1, 0.15) is 5.75 Å². The topological polar surface area (TPSA) is 59.0 Å². The SMILES string of the molecule is CCN(CC)c1ccc([C@@H](N2CCNCC2)C(C)(C)CO)c(O)c1.Cl. The molecule has 1 atom stereocenters. The quantitative estimate of drug-likeness (QED) is 0.687. The summed E-state index contributed by atoms with van der Waals surface area (Å²) in [5.41, 5.74) is 1.62. The number of rotatable bonds is 7. The van der Waals surface area contributed by atoms with E-state index in [2.05, 4.69) is 48.9 Å². The zero-order valence-electron chi connectivity index (χ0n) is 16.0. The number of nitrogens with one attached hydrogen (secondary N) is 1. The number of hydrogen-bond acceptors (Lipinski definition) is 5. The number of halogens is 1. The Balaban J connectivity index is 0.00000312. The minimum Gasteiger partial charge on any atom is -0.508 e. The zero-order chi connectivity index (χ0) is 17.7. The van der Waals surface area contributed by atoms with Crippen molar-refractivity contribution in [2.45, 2.75) is 33.7 Å². The number of piperazine rings is 1. The molecule has 5 nitrogen and oxygen atoms in total. The van der Waals surface area contributed by atoms with Crippen LogP contribution in [0.4, 0.5) is 5.69 Å². The standard InChI is InChI=1S/C19H33N3O2.ClH/c1-5-21(6-2)15-7-8-16(17(24)13-15)18(19(3,4)14-23)22-11-9-20-10-12-22;/h7-8,13,18,20,23-24H,5-6,9-12,14H2,1-4H3;1H/t18-;/m1./s1. The molecular weight excluding hydrogens is 338 g/mol. The second-order valence-corrected chi connectivity index (χ2v) is 7.25. The molecule has 3 N–H and O–H groups in total. The maximum Gasteiger partial charge on any atom is 0.122 e. The van der Waals surface area contributed by atoms with Crippen LogP contribution in [0.5, 0.6) is 5.75 Å². The minimum absolute atomic E-state index is 0. The third kappa shape index (κ3) is 5.00. The summed E-state index contributed by atoms with van der Waals surface area (Å²) in [6, 6.07) is 5.98. The first-order valence-corrected chi connectivity index (χ1v) is 9.08. The number of anilines is 1. The Bertz CT molecular complexity index is 529. The molecule has 0 unspecified atom stereocenters. The number of aromatic hydroxyl groups is 1. The van der Waals surface area contributed by atoms with Crippen molar-refractivity contribution >= 4 is 18.1 Å². The molecule has 25 heavy (non-hydrogen) atoms. The van der Waals surface area contributed by atoms with Gasteiger partial charge in [-0.25, -0.2) is 0 Å². The second-order valence-electron chi connectivity index (χ2n) is 7.25. The van der Waals surface area contributed by atoms with Gasteiger partial charge in [0.2, 0.25) is 0 Å². The molecule has 1 aliphatic rings. The van der Waals surface area contributed by atoms with Crippen molar-refractivity contribution in [3.8, 4) is 5.75 Å². The highest BCUT2D eigenvalue weighted by Crippen LogP contribution is 2.42. The van der Waals surface area contributed by atoms with Crippen LogP contribution in [0.1, 0.15) is 39.3 Å². The van der Waals surface area contributed by atoms with Crippen LogP contribution in [0.2, 0.25) is 0 Å². The van der Waals surface area contributed by atoms with Gasteiger partial charge in [0.05, 0.1) is 0 Å². The molecule has 1 heterocycles. The molecule has 1 aromatic rings. The average molecular weight is 372 g/mol. The second kappa shape index (κ2) is 9.62. The lowest BCUT2D eigenvalue weighted by Gasteiger charge is -2.43. The number of nitrogens with zero attached hydrogens (tertiary/aromatic N) is 2. The normalized spacial score (nSPS) is 17.0. The third-order valence-electron chi connectivity index (χ3n) is 5.10. The summed E-state index contributed by atoms with van der Waals surface area (Å²) < 4.78 is 0. The Morgan fingerprint density at radius 3 is 2.28 bits per heavy atom. The first-order chi connectivity index (χ1) is 11.4. The van der Waals surface area contributed by atoms with Gasteiger partial charge in [-0.2, -0.15) is 0 Å². The number of aliphatic hydroxyl groups is 1. The molecule has 1 aliphatic heterocycles. The predicted octanol–water partition coefficient (Wildman–Crippen LogP) is 2.63. The summed E-state index contributed by atoms with van der Waals surface area (Å²) in [7, 11) is 0. The largest absolute Gasteiger partial charge is 0.508 e. The number of hydrogen-bond donors (Lipinski definition) is 3. The Labute approximate surface area is 158 Å².